The highest BCUT2D eigenvalue weighted by Crippen LogP contribution is 2.32. The molecular weight excluding hydrogens is 446 g/mol. The molecule has 1 aliphatic rings. The van der Waals surface area contributed by atoms with Crippen molar-refractivity contribution in [2.45, 2.75) is 26.2 Å². The SMILES string of the molecule is CCC(=O)Nc1ccc(Cl)c(NC(=O)C2CCN(c3oc(-c4ccco4)nc3C#N)CC2)c1. The molecule has 170 valence electrons. The maximum Gasteiger partial charge on any atom is 0.266 e. The first kappa shape index (κ1) is 22.4. The molecule has 3 aromatic rings. The molecule has 1 fully saturated rings. The molecule has 2 amide bonds. The first-order valence-electron chi connectivity index (χ1n) is 10.6. The fourth-order valence-corrected chi connectivity index (χ4v) is 3.80. The zero-order chi connectivity index (χ0) is 23.4. The molecule has 3 heterocycles. The smallest absolute Gasteiger partial charge is 0.266 e. The molecule has 9 nitrogen and oxygen atoms in total. The quantitative estimate of drug-likeness (QED) is 0.539. The minimum Gasteiger partial charge on any atom is -0.459 e. The number of piperidine rings is 1. The fourth-order valence-electron chi connectivity index (χ4n) is 3.63. The summed E-state index contributed by atoms with van der Waals surface area (Å²) in [7, 11) is 0. The van der Waals surface area contributed by atoms with Gasteiger partial charge in [0.2, 0.25) is 23.4 Å². The molecule has 0 saturated carbocycles. The van der Waals surface area contributed by atoms with Crippen molar-refractivity contribution >= 4 is 40.7 Å². The second-order valence-electron chi connectivity index (χ2n) is 7.61. The number of hydrogen-bond donors (Lipinski definition) is 2. The highest BCUT2D eigenvalue weighted by Gasteiger charge is 2.29. The van der Waals surface area contributed by atoms with E-state index >= 15 is 0 Å². The largest absolute Gasteiger partial charge is 0.459 e. The number of furan rings is 1. The van der Waals surface area contributed by atoms with Crippen molar-refractivity contribution in [1.29, 1.82) is 5.26 Å². The second-order valence-corrected chi connectivity index (χ2v) is 8.02. The molecule has 2 N–H and O–H groups in total. The van der Waals surface area contributed by atoms with Gasteiger partial charge in [-0.1, -0.05) is 18.5 Å². The van der Waals surface area contributed by atoms with Crippen LogP contribution in [0.5, 0.6) is 0 Å². The lowest BCUT2D eigenvalue weighted by Crippen LogP contribution is -2.38. The van der Waals surface area contributed by atoms with E-state index in [1.54, 1.807) is 37.3 Å². The second kappa shape index (κ2) is 9.79. The van der Waals surface area contributed by atoms with Gasteiger partial charge in [-0.25, -0.2) is 0 Å². The average molecular weight is 468 g/mol. The van der Waals surface area contributed by atoms with E-state index in [2.05, 4.69) is 21.7 Å². The molecule has 1 aliphatic heterocycles. The van der Waals surface area contributed by atoms with Gasteiger partial charge in [0.25, 0.3) is 5.89 Å². The summed E-state index contributed by atoms with van der Waals surface area (Å²) < 4.78 is 11.1. The highest BCUT2D eigenvalue weighted by molar-refractivity contribution is 6.33. The van der Waals surface area contributed by atoms with E-state index in [-0.39, 0.29) is 29.3 Å². The Bertz CT molecular complexity index is 1190. The molecule has 0 bridgehead atoms. The van der Waals surface area contributed by atoms with Crippen molar-refractivity contribution in [3.05, 3.63) is 47.3 Å². The summed E-state index contributed by atoms with van der Waals surface area (Å²) in [6.07, 6.45) is 2.99. The minimum absolute atomic E-state index is 0.124. The molecule has 0 atom stereocenters. The standard InChI is InChI=1S/C23H22ClN5O4/c1-2-20(30)26-15-5-6-16(24)17(12-15)27-21(31)14-7-9-29(10-8-14)23-18(13-25)28-22(33-23)19-4-3-11-32-19/h3-6,11-12,14H,2,7-10H2,1H3,(H,26,30)(H,27,31). The number of nitriles is 1. The zero-order valence-corrected chi connectivity index (χ0v) is 18.7. The van der Waals surface area contributed by atoms with Gasteiger partial charge in [0.05, 0.1) is 17.0 Å². The lowest BCUT2D eigenvalue weighted by atomic mass is 9.95. The first-order chi connectivity index (χ1) is 16.0. The number of halogens is 1. The van der Waals surface area contributed by atoms with E-state index in [0.29, 0.717) is 60.4 Å². The third-order valence-corrected chi connectivity index (χ3v) is 5.76. The van der Waals surface area contributed by atoms with Gasteiger partial charge in [0.1, 0.15) is 6.07 Å². The summed E-state index contributed by atoms with van der Waals surface area (Å²) in [4.78, 5) is 30.6. The van der Waals surface area contributed by atoms with E-state index in [1.807, 2.05) is 4.90 Å². The Morgan fingerprint density at radius 3 is 2.73 bits per heavy atom. The maximum absolute atomic E-state index is 12.9. The summed E-state index contributed by atoms with van der Waals surface area (Å²) in [6, 6.07) is 10.5. The summed E-state index contributed by atoms with van der Waals surface area (Å²) in [5.41, 5.74) is 1.20. The number of oxazole rings is 1. The van der Waals surface area contributed by atoms with Crippen LogP contribution in [0.4, 0.5) is 17.3 Å². The highest BCUT2D eigenvalue weighted by atomic mass is 35.5. The Kier molecular flexibility index (Phi) is 6.66. The number of aromatic nitrogens is 1. The van der Waals surface area contributed by atoms with E-state index in [1.165, 1.54) is 6.26 Å². The van der Waals surface area contributed by atoms with Crippen molar-refractivity contribution in [2.75, 3.05) is 28.6 Å². The van der Waals surface area contributed by atoms with E-state index in [9.17, 15) is 14.9 Å². The normalized spacial score (nSPS) is 14.0. The van der Waals surface area contributed by atoms with Gasteiger partial charge in [-0.2, -0.15) is 10.2 Å². The van der Waals surface area contributed by atoms with Crippen molar-refractivity contribution in [3.8, 4) is 17.7 Å². The molecule has 0 aliphatic carbocycles. The summed E-state index contributed by atoms with van der Waals surface area (Å²) in [6.45, 7) is 2.82. The van der Waals surface area contributed by atoms with Crippen LogP contribution in [0.2, 0.25) is 5.02 Å². The van der Waals surface area contributed by atoms with Crippen molar-refractivity contribution in [2.24, 2.45) is 5.92 Å². The third kappa shape index (κ3) is 5.02. The first-order valence-corrected chi connectivity index (χ1v) is 11.0. The number of hydrogen-bond acceptors (Lipinski definition) is 7. The predicted molar refractivity (Wildman–Crippen MR) is 123 cm³/mol. The van der Waals surface area contributed by atoms with E-state index in [0.717, 1.165) is 0 Å². The molecular formula is C23H22ClN5O4. The van der Waals surface area contributed by atoms with Crippen LogP contribution in [0, 0.1) is 17.2 Å². The Hall–Kier alpha value is -3.77. The Balaban J connectivity index is 1.40. The van der Waals surface area contributed by atoms with Gasteiger partial charge in [-0.3, -0.25) is 9.59 Å². The van der Waals surface area contributed by atoms with Gasteiger partial charge < -0.3 is 24.4 Å². The molecule has 0 unspecified atom stereocenters. The Labute approximate surface area is 195 Å². The summed E-state index contributed by atoms with van der Waals surface area (Å²) >= 11 is 6.24. The number of nitrogens with one attached hydrogen (secondary N) is 2. The molecule has 1 aromatic carbocycles. The predicted octanol–water partition coefficient (Wildman–Crippen LogP) is 4.66. The molecule has 4 rings (SSSR count). The molecule has 0 radical (unpaired) electrons. The lowest BCUT2D eigenvalue weighted by molar-refractivity contribution is -0.120. The van der Waals surface area contributed by atoms with E-state index in [4.69, 9.17) is 20.4 Å². The van der Waals surface area contributed by atoms with E-state index < -0.39 is 0 Å². The van der Waals surface area contributed by atoms with Crippen molar-refractivity contribution in [3.63, 3.8) is 0 Å². The zero-order valence-electron chi connectivity index (χ0n) is 17.9. The number of carbonyl (C=O) groups is 2. The number of anilines is 3. The van der Waals surface area contributed by atoms with Crippen LogP contribution < -0.4 is 15.5 Å². The minimum atomic E-state index is -0.232. The molecule has 33 heavy (non-hydrogen) atoms. The Morgan fingerprint density at radius 1 is 1.27 bits per heavy atom. The fraction of sp³-hybridized carbons (Fsp3) is 0.304. The van der Waals surface area contributed by atoms with Crippen molar-refractivity contribution in [1.82, 2.24) is 4.98 Å². The van der Waals surface area contributed by atoms with Crippen LogP contribution in [0.3, 0.4) is 0 Å². The van der Waals surface area contributed by atoms with Crippen LogP contribution in [0.25, 0.3) is 11.7 Å². The van der Waals surface area contributed by atoms with Crippen LogP contribution >= 0.6 is 11.6 Å². The van der Waals surface area contributed by atoms with Gasteiger partial charge in [-0.15, -0.1) is 0 Å². The number of rotatable bonds is 6. The molecule has 0 spiro atoms. The van der Waals surface area contributed by atoms with Crippen LogP contribution in [-0.2, 0) is 9.59 Å². The van der Waals surface area contributed by atoms with Crippen LogP contribution in [0.15, 0.2) is 45.4 Å². The third-order valence-electron chi connectivity index (χ3n) is 5.43. The average Bonchev–Trinajstić information content (AvgIpc) is 3.51. The van der Waals surface area contributed by atoms with Gasteiger partial charge >= 0.3 is 0 Å². The van der Waals surface area contributed by atoms with Crippen LogP contribution in [-0.4, -0.2) is 29.9 Å². The number of benzene rings is 1. The molecule has 10 heteroatoms. The monoisotopic (exact) mass is 467 g/mol. The topological polar surface area (TPSA) is 124 Å². The number of carbonyl (C=O) groups excluding carboxylic acids is 2. The summed E-state index contributed by atoms with van der Waals surface area (Å²) in [5, 5.41) is 15.5. The lowest BCUT2D eigenvalue weighted by Gasteiger charge is -2.31. The van der Waals surface area contributed by atoms with Gasteiger partial charge in [-0.05, 0) is 43.2 Å². The Morgan fingerprint density at radius 2 is 2.06 bits per heavy atom. The van der Waals surface area contributed by atoms with Gasteiger partial charge in [0, 0.05) is 31.1 Å². The molecule has 2 aromatic heterocycles. The number of nitrogens with zero attached hydrogens (tertiary/aromatic N) is 3. The molecule has 1 saturated heterocycles. The summed E-state index contributed by atoms with van der Waals surface area (Å²) in [5.74, 6) is 0.568. The van der Waals surface area contributed by atoms with Crippen LogP contribution in [0.1, 0.15) is 31.9 Å². The van der Waals surface area contributed by atoms with Crippen molar-refractivity contribution < 1.29 is 18.4 Å². The number of amides is 2. The van der Waals surface area contributed by atoms with Gasteiger partial charge in [0.15, 0.2) is 5.76 Å². The maximum atomic E-state index is 12.9.